The summed E-state index contributed by atoms with van der Waals surface area (Å²) in [5.74, 6) is 0. The first-order chi connectivity index (χ1) is 7.86. The lowest BCUT2D eigenvalue weighted by Gasteiger charge is -2.05. The fourth-order valence-corrected chi connectivity index (χ4v) is 1.35. The topological polar surface area (TPSA) is 34.1 Å². The summed E-state index contributed by atoms with van der Waals surface area (Å²) in [6, 6.07) is 6.02. The van der Waals surface area contributed by atoms with Crippen LogP contribution in [-0.4, -0.2) is 18.1 Å². The number of nitrogens with one attached hydrogen (secondary N) is 1. The van der Waals surface area contributed by atoms with Gasteiger partial charge in [0.25, 0.3) is 0 Å². The van der Waals surface area contributed by atoms with Gasteiger partial charge in [0.2, 0.25) is 0 Å². The van der Waals surface area contributed by atoms with Gasteiger partial charge in [-0.25, -0.2) is 0 Å². The zero-order chi connectivity index (χ0) is 11.6. The number of pyridine rings is 1. The lowest BCUT2D eigenvalue weighted by atomic mass is 10.3. The molecule has 0 atom stereocenters. The molecule has 0 spiro atoms. The fraction of sp³-hybridized carbons (Fsp3) is 0.462. The van der Waals surface area contributed by atoms with Crippen molar-refractivity contribution in [1.82, 2.24) is 10.3 Å². The molecule has 88 valence electrons. The van der Waals surface area contributed by atoms with Crippen molar-refractivity contribution < 1.29 is 4.74 Å². The minimum atomic E-state index is 0.549. The first kappa shape index (κ1) is 12.9. The molecular weight excluding hydrogens is 200 g/mol. The normalized spacial score (nSPS) is 10.3. The van der Waals surface area contributed by atoms with E-state index < -0.39 is 0 Å². The zero-order valence-electron chi connectivity index (χ0n) is 9.91. The molecule has 0 amide bonds. The van der Waals surface area contributed by atoms with Gasteiger partial charge in [-0.15, -0.1) is 6.58 Å². The second-order valence-corrected chi connectivity index (χ2v) is 3.60. The van der Waals surface area contributed by atoms with Gasteiger partial charge in [-0.05, 0) is 25.1 Å². The van der Waals surface area contributed by atoms with E-state index in [1.807, 2.05) is 18.2 Å². The Kier molecular flexibility index (Phi) is 6.45. The van der Waals surface area contributed by atoms with E-state index >= 15 is 0 Å². The van der Waals surface area contributed by atoms with Gasteiger partial charge in [0.15, 0.2) is 0 Å². The maximum atomic E-state index is 5.35. The first-order valence-corrected chi connectivity index (χ1v) is 5.71. The van der Waals surface area contributed by atoms with E-state index in [-0.39, 0.29) is 0 Å². The quantitative estimate of drug-likeness (QED) is 0.539. The minimum absolute atomic E-state index is 0.549. The highest BCUT2D eigenvalue weighted by atomic mass is 16.5. The van der Waals surface area contributed by atoms with Gasteiger partial charge in [-0.1, -0.05) is 19.1 Å². The lowest BCUT2D eigenvalue weighted by Crippen LogP contribution is -2.15. The number of aromatic nitrogens is 1. The molecule has 0 unspecified atom stereocenters. The summed E-state index contributed by atoms with van der Waals surface area (Å²) in [6.45, 7) is 8.72. The van der Waals surface area contributed by atoms with E-state index in [1.165, 1.54) is 0 Å². The van der Waals surface area contributed by atoms with Crippen molar-refractivity contribution in [2.45, 2.75) is 26.5 Å². The predicted octanol–water partition coefficient (Wildman–Crippen LogP) is 2.28. The average molecular weight is 220 g/mol. The minimum Gasteiger partial charge on any atom is -0.371 e. The summed E-state index contributed by atoms with van der Waals surface area (Å²) in [5.41, 5.74) is 2.03. The number of hydrogen-bond acceptors (Lipinski definition) is 3. The largest absolute Gasteiger partial charge is 0.371 e. The molecule has 0 fully saturated rings. The molecule has 0 aliphatic heterocycles. The monoisotopic (exact) mass is 220 g/mol. The number of rotatable bonds is 8. The van der Waals surface area contributed by atoms with E-state index in [0.717, 1.165) is 30.9 Å². The van der Waals surface area contributed by atoms with Crippen molar-refractivity contribution in [1.29, 1.82) is 0 Å². The van der Waals surface area contributed by atoms with E-state index in [0.29, 0.717) is 13.2 Å². The molecule has 16 heavy (non-hydrogen) atoms. The molecule has 3 nitrogen and oxygen atoms in total. The van der Waals surface area contributed by atoms with Crippen molar-refractivity contribution >= 4 is 0 Å². The van der Waals surface area contributed by atoms with Gasteiger partial charge in [0, 0.05) is 6.54 Å². The number of ether oxygens (including phenoxy) is 1. The van der Waals surface area contributed by atoms with Crippen LogP contribution < -0.4 is 5.32 Å². The first-order valence-electron chi connectivity index (χ1n) is 5.71. The van der Waals surface area contributed by atoms with Gasteiger partial charge in [0.1, 0.15) is 0 Å². The molecule has 0 aliphatic carbocycles. The van der Waals surface area contributed by atoms with Crippen LogP contribution in [0, 0.1) is 0 Å². The van der Waals surface area contributed by atoms with Crippen LogP contribution in [0.3, 0.4) is 0 Å². The van der Waals surface area contributed by atoms with Gasteiger partial charge in [-0.2, -0.15) is 0 Å². The maximum absolute atomic E-state index is 5.35. The molecule has 0 saturated heterocycles. The van der Waals surface area contributed by atoms with E-state index in [1.54, 1.807) is 6.08 Å². The Bertz CT molecular complexity index is 313. The summed E-state index contributed by atoms with van der Waals surface area (Å²) in [5, 5.41) is 3.33. The highest BCUT2D eigenvalue weighted by Gasteiger charge is 1.97. The molecule has 0 aliphatic rings. The van der Waals surface area contributed by atoms with Crippen LogP contribution in [0.1, 0.15) is 24.7 Å². The Labute approximate surface area is 97.5 Å². The van der Waals surface area contributed by atoms with Crippen molar-refractivity contribution in [3.05, 3.63) is 42.2 Å². The Morgan fingerprint density at radius 2 is 2.25 bits per heavy atom. The fourth-order valence-electron chi connectivity index (χ4n) is 1.35. The molecular formula is C13H20N2O. The third kappa shape index (κ3) is 5.05. The van der Waals surface area contributed by atoms with Gasteiger partial charge in [-0.3, -0.25) is 4.98 Å². The van der Waals surface area contributed by atoms with Crippen molar-refractivity contribution in [3.63, 3.8) is 0 Å². The Balaban J connectivity index is 2.40. The average Bonchev–Trinajstić information content (AvgIpc) is 2.30. The van der Waals surface area contributed by atoms with Crippen LogP contribution in [0.25, 0.3) is 0 Å². The van der Waals surface area contributed by atoms with E-state index in [4.69, 9.17) is 4.74 Å². The summed E-state index contributed by atoms with van der Waals surface area (Å²) in [4.78, 5) is 4.49. The summed E-state index contributed by atoms with van der Waals surface area (Å²) < 4.78 is 5.35. The van der Waals surface area contributed by atoms with Gasteiger partial charge in [0.05, 0.1) is 24.6 Å². The van der Waals surface area contributed by atoms with Crippen LogP contribution in [-0.2, 0) is 17.9 Å². The highest BCUT2D eigenvalue weighted by molar-refractivity contribution is 5.10. The molecule has 1 aromatic rings. The molecule has 1 aromatic heterocycles. The number of nitrogens with zero attached hydrogens (tertiary/aromatic N) is 1. The SMILES string of the molecule is C=CCOCc1cccc(CNCCC)n1. The molecule has 1 N–H and O–H groups in total. The van der Waals surface area contributed by atoms with Crippen LogP contribution in [0.15, 0.2) is 30.9 Å². The highest BCUT2D eigenvalue weighted by Crippen LogP contribution is 2.01. The van der Waals surface area contributed by atoms with E-state index in [2.05, 4.69) is 23.8 Å². The summed E-state index contributed by atoms with van der Waals surface area (Å²) in [6.07, 6.45) is 2.88. The van der Waals surface area contributed by atoms with Crippen molar-refractivity contribution in [2.24, 2.45) is 0 Å². The van der Waals surface area contributed by atoms with Crippen LogP contribution >= 0.6 is 0 Å². The third-order valence-corrected chi connectivity index (χ3v) is 2.08. The molecule has 1 rings (SSSR count). The van der Waals surface area contributed by atoms with Gasteiger partial charge >= 0.3 is 0 Å². The molecule has 0 aromatic carbocycles. The predicted molar refractivity (Wildman–Crippen MR) is 66.1 cm³/mol. The smallest absolute Gasteiger partial charge is 0.0892 e. The second kappa shape index (κ2) is 8.02. The third-order valence-electron chi connectivity index (χ3n) is 2.08. The summed E-state index contributed by atoms with van der Waals surface area (Å²) in [7, 11) is 0. The molecule has 0 radical (unpaired) electrons. The summed E-state index contributed by atoms with van der Waals surface area (Å²) >= 11 is 0. The van der Waals surface area contributed by atoms with Crippen molar-refractivity contribution in [2.75, 3.05) is 13.2 Å². The van der Waals surface area contributed by atoms with Crippen molar-refractivity contribution in [3.8, 4) is 0 Å². The molecule has 3 heteroatoms. The van der Waals surface area contributed by atoms with Gasteiger partial charge < -0.3 is 10.1 Å². The Morgan fingerprint density at radius 1 is 1.44 bits per heavy atom. The maximum Gasteiger partial charge on any atom is 0.0892 e. The zero-order valence-corrected chi connectivity index (χ0v) is 9.91. The lowest BCUT2D eigenvalue weighted by molar-refractivity contribution is 0.146. The molecule has 0 bridgehead atoms. The molecule has 0 saturated carbocycles. The van der Waals surface area contributed by atoms with E-state index in [9.17, 15) is 0 Å². The Hall–Kier alpha value is -1.19. The number of hydrogen-bond donors (Lipinski definition) is 1. The Morgan fingerprint density at radius 3 is 3.00 bits per heavy atom. The van der Waals surface area contributed by atoms with Crippen LogP contribution in [0.5, 0.6) is 0 Å². The second-order valence-electron chi connectivity index (χ2n) is 3.60. The molecule has 1 heterocycles. The van der Waals surface area contributed by atoms with Crippen LogP contribution in [0.4, 0.5) is 0 Å². The standard InChI is InChI=1S/C13H20N2O/c1-3-8-14-10-12-6-5-7-13(15-12)11-16-9-4-2/h4-7,14H,2-3,8-11H2,1H3. The van der Waals surface area contributed by atoms with Crippen LogP contribution in [0.2, 0.25) is 0 Å².